The topological polar surface area (TPSA) is 35.9 Å². The molecule has 5 nitrogen and oxygen atoms in total. The van der Waals surface area contributed by atoms with Crippen molar-refractivity contribution >= 4 is 32.8 Å². The zero-order valence-electron chi connectivity index (χ0n) is 59.8. The minimum absolute atomic E-state index is 0.174. The first-order valence-electron chi connectivity index (χ1n) is 34.0. The first-order chi connectivity index (χ1) is 45.1. The number of pyridine rings is 1. The molecule has 0 N–H and O–H groups in total. The molecule has 0 spiro atoms. The van der Waals surface area contributed by atoms with E-state index in [2.05, 4.69) is 57.4 Å². The highest BCUT2D eigenvalue weighted by Gasteiger charge is 2.28. The summed E-state index contributed by atoms with van der Waals surface area (Å²) in [6, 6.07) is 41.3. The van der Waals surface area contributed by atoms with Gasteiger partial charge in [-0.15, -0.1) is 0 Å². The van der Waals surface area contributed by atoms with Gasteiger partial charge in [0.15, 0.2) is 0 Å². The van der Waals surface area contributed by atoms with Gasteiger partial charge in [0.2, 0.25) is 0 Å². The Hall–Kier alpha value is -9.58. The highest BCUT2D eigenvalue weighted by molar-refractivity contribution is 6.09. The van der Waals surface area contributed by atoms with Gasteiger partial charge in [0, 0.05) is 25.8 Å². The zero-order chi connectivity index (χ0) is 67.4. The average molecular weight is 1050 g/mol. The monoisotopic (exact) mass is 1050 g/mol. The molecule has 1 aliphatic heterocycles. The van der Waals surface area contributed by atoms with Crippen molar-refractivity contribution in [2.24, 2.45) is 5.41 Å². The van der Waals surface area contributed by atoms with E-state index in [4.69, 9.17) is 20.7 Å². The van der Waals surface area contributed by atoms with Crippen molar-refractivity contribution in [1.82, 2.24) is 14.1 Å². The Kier molecular flexibility index (Phi) is 8.37. The Labute approximate surface area is 489 Å². The Morgan fingerprint density at radius 1 is 0.512 bits per heavy atom. The second-order valence-corrected chi connectivity index (χ2v) is 22.1. The number of ether oxygens (including phenoxy) is 1. The van der Waals surface area contributed by atoms with Crippen molar-refractivity contribution in [1.29, 1.82) is 0 Å². The van der Waals surface area contributed by atoms with E-state index in [1.807, 2.05) is 144 Å². The number of hydrogen-bond donors (Lipinski definition) is 0. The summed E-state index contributed by atoms with van der Waals surface area (Å²) in [5.41, 5.74) is 6.88. The second kappa shape index (κ2) is 19.1. The van der Waals surface area contributed by atoms with Crippen molar-refractivity contribution in [2.75, 3.05) is 0 Å². The molecule has 386 valence electrons. The molecule has 0 aliphatic carbocycles. The lowest BCUT2D eigenvalue weighted by atomic mass is 9.81. The summed E-state index contributed by atoms with van der Waals surface area (Å²) in [6.45, 7) is 12.0. The van der Waals surface area contributed by atoms with E-state index in [0.717, 1.165) is 55.2 Å². The largest absolute Gasteiger partial charge is 0.458 e. The zero-order valence-corrected chi connectivity index (χ0v) is 44.8. The maximum absolute atomic E-state index is 10.4. The van der Waals surface area contributed by atoms with E-state index in [-0.39, 0.29) is 16.5 Å². The van der Waals surface area contributed by atoms with E-state index in [0.29, 0.717) is 50.9 Å². The number of benzene rings is 10. The smallest absolute Gasteiger partial charge is 0.269 e. The van der Waals surface area contributed by atoms with E-state index in [9.17, 15) is 9.60 Å². The van der Waals surface area contributed by atoms with Crippen molar-refractivity contribution in [3.63, 3.8) is 0 Å². The van der Waals surface area contributed by atoms with Crippen LogP contribution in [0.25, 0.3) is 117 Å². The molecule has 14 rings (SSSR count). The summed E-state index contributed by atoms with van der Waals surface area (Å²) in [5, 5.41) is 1.92. The summed E-state index contributed by atoms with van der Waals surface area (Å²) in [6.07, 6.45) is 3.70. The number of imidazole rings is 1. The average Bonchev–Trinajstić information content (AvgIpc) is 1.70. The molecule has 10 aromatic carbocycles. The van der Waals surface area contributed by atoms with Crippen LogP contribution in [0.1, 0.15) is 73.2 Å². The molecule has 5 heteroatoms. The number of para-hydroxylation sites is 3. The molecule has 0 bridgehead atoms. The summed E-state index contributed by atoms with van der Waals surface area (Å²) < 4.78 is 151. The Bertz CT molecular complexity index is 5310. The lowest BCUT2D eigenvalue weighted by Crippen LogP contribution is -2.32. The molecular weight excluding hydrogens is 973 g/mol. The Morgan fingerprint density at radius 2 is 1.12 bits per heavy atom. The fourth-order valence-corrected chi connectivity index (χ4v) is 11.1. The van der Waals surface area contributed by atoms with Crippen LogP contribution in [0.2, 0.25) is 0 Å². The highest BCUT2D eigenvalue weighted by atomic mass is 16.5. The van der Waals surface area contributed by atoms with Gasteiger partial charge >= 0.3 is 0 Å². The minimum atomic E-state index is -1.68. The van der Waals surface area contributed by atoms with E-state index < -0.39 is 113 Å². The molecular formula is C75H60N4O. The summed E-state index contributed by atoms with van der Waals surface area (Å²) in [4.78, 5) is 4.80. The number of fused-ring (bicyclic) bond motifs is 10. The van der Waals surface area contributed by atoms with Crippen LogP contribution in [-0.4, -0.2) is 14.1 Å². The molecule has 0 amide bonds. The summed E-state index contributed by atoms with van der Waals surface area (Å²) in [5.74, 6) is 1.51. The van der Waals surface area contributed by atoms with Gasteiger partial charge < -0.3 is 4.74 Å². The molecule has 80 heavy (non-hydrogen) atoms. The maximum atomic E-state index is 10.4. The summed E-state index contributed by atoms with van der Waals surface area (Å²) >= 11 is 0. The summed E-state index contributed by atoms with van der Waals surface area (Å²) in [7, 11) is 0. The molecule has 0 radical (unpaired) electrons. The van der Waals surface area contributed by atoms with Gasteiger partial charge in [-0.1, -0.05) is 205 Å². The standard InChI is InChI=1S/C75H60N4O/c1-74(2,3)47-49-38-39-76-71(40-49)79-68-32-16-15-28-63(68)64-37-35-58(46-70(64)79)80-57-25-17-24-56(45-57)77-48-78-72-59(54-42-52(50-20-9-7-10-21-50)41-53(43-54)51-22-11-8-12-23-51)29-18-30-66(72)67-44-55(75(4,5)6)34-36-62(67)60-26-13-14-27-61(60)65-31-19-33-69(77)73(65)78/h7-46H,47H2,1-6H3/i7D,8D,9D,10D,11D,12D,20D,21D,22D,23D,41D,42D,43D,47D2. The van der Waals surface area contributed by atoms with Gasteiger partial charge in [-0.3, -0.25) is 13.7 Å². The molecule has 4 heterocycles. The maximum Gasteiger partial charge on any atom is 0.269 e. The highest BCUT2D eigenvalue weighted by Crippen LogP contribution is 2.47. The van der Waals surface area contributed by atoms with Crippen LogP contribution in [-0.2, 0) is 11.8 Å². The molecule has 1 aliphatic rings. The SMILES string of the molecule is [2H]c1c([2H])c([2H])c(-c2c([2H])c(-c3cccc4c3-[n+]3[c-]n(-c5cccc(Oc6ccc7c8ccccc8n(-c8cc(C([2H])([2H])C(C)(C)C)ccn8)c7c6)c5)c5cccc(c53)-c3ccccc3-c3ccc(C(C)(C)C)cc3-4)c([2H])c(-c3c([2H])c([2H])c([2H])c([2H])c3[2H])c2[2H])c([2H])c1[2H]. The van der Waals surface area contributed by atoms with Gasteiger partial charge in [-0.25, -0.2) is 4.98 Å². The van der Waals surface area contributed by atoms with Gasteiger partial charge in [0.1, 0.15) is 17.3 Å². The van der Waals surface area contributed by atoms with Crippen LogP contribution < -0.4 is 9.30 Å². The van der Waals surface area contributed by atoms with Crippen LogP contribution in [0, 0.1) is 11.7 Å². The van der Waals surface area contributed by atoms with E-state index in [1.54, 1.807) is 24.4 Å². The van der Waals surface area contributed by atoms with Crippen LogP contribution in [0.3, 0.4) is 0 Å². The van der Waals surface area contributed by atoms with Crippen molar-refractivity contribution in [3.05, 3.63) is 260 Å². The van der Waals surface area contributed by atoms with Gasteiger partial charge in [-0.2, -0.15) is 0 Å². The van der Waals surface area contributed by atoms with Gasteiger partial charge in [0.25, 0.3) is 6.33 Å². The Morgan fingerprint density at radius 3 is 1.88 bits per heavy atom. The first kappa shape index (κ1) is 35.0. The first-order valence-corrected chi connectivity index (χ1v) is 26.5. The van der Waals surface area contributed by atoms with Gasteiger partial charge in [0.05, 0.1) is 51.3 Å². The molecule has 0 saturated heterocycles. The number of hydrogen-bond acceptors (Lipinski definition) is 2. The van der Waals surface area contributed by atoms with Gasteiger partial charge in [-0.05, 0) is 162 Å². The van der Waals surface area contributed by atoms with Crippen LogP contribution in [0.4, 0.5) is 0 Å². The fourth-order valence-electron chi connectivity index (χ4n) is 11.1. The lowest BCUT2D eigenvalue weighted by molar-refractivity contribution is -0.570. The third kappa shape index (κ3) is 8.67. The molecule has 3 aromatic heterocycles. The molecule has 0 saturated carbocycles. The molecule has 13 aromatic rings. The lowest BCUT2D eigenvalue weighted by Gasteiger charge is -2.24. The van der Waals surface area contributed by atoms with E-state index in [1.165, 1.54) is 0 Å². The number of nitrogens with zero attached hydrogens (tertiary/aromatic N) is 4. The third-order valence-corrected chi connectivity index (χ3v) is 14.6. The molecule has 0 atom stereocenters. The molecule has 0 unspecified atom stereocenters. The predicted octanol–water partition coefficient (Wildman–Crippen LogP) is 19.2. The van der Waals surface area contributed by atoms with Crippen molar-refractivity contribution in [3.8, 4) is 95.5 Å². The van der Waals surface area contributed by atoms with Crippen molar-refractivity contribution < 1.29 is 29.9 Å². The number of rotatable bonds is 8. The quantitative estimate of drug-likeness (QED) is 0.112. The van der Waals surface area contributed by atoms with Crippen LogP contribution >= 0.6 is 0 Å². The second-order valence-electron chi connectivity index (χ2n) is 22.1. The predicted molar refractivity (Wildman–Crippen MR) is 330 cm³/mol. The van der Waals surface area contributed by atoms with Crippen LogP contribution in [0.15, 0.2) is 242 Å². The number of aromatic nitrogens is 4. The fraction of sp³-hybridized carbons (Fsp3) is 0.120. The minimum Gasteiger partial charge on any atom is -0.458 e. The van der Waals surface area contributed by atoms with Crippen LogP contribution in [0.5, 0.6) is 11.5 Å². The molecule has 0 fully saturated rings. The third-order valence-electron chi connectivity index (χ3n) is 14.6. The normalized spacial score (nSPS) is 15.0. The van der Waals surface area contributed by atoms with Crippen molar-refractivity contribution in [2.45, 2.75) is 53.3 Å². The van der Waals surface area contributed by atoms with E-state index >= 15 is 0 Å². The Balaban J connectivity index is 1.04.